The molecule has 0 radical (unpaired) electrons. The number of nitrogens with zero attached hydrogens (tertiary/aromatic N) is 1. The van der Waals surface area contributed by atoms with Crippen molar-refractivity contribution in [2.75, 3.05) is 13.1 Å². The Kier molecular flexibility index (Phi) is 6.77. The number of amides is 2. The van der Waals surface area contributed by atoms with Crippen molar-refractivity contribution < 1.29 is 19.5 Å². The van der Waals surface area contributed by atoms with Gasteiger partial charge in [-0.2, -0.15) is 0 Å². The number of carboxylic acids is 1. The normalized spacial score (nSPS) is 11.9. The molecule has 0 bridgehead atoms. The van der Waals surface area contributed by atoms with E-state index in [9.17, 15) is 19.5 Å². The van der Waals surface area contributed by atoms with Gasteiger partial charge >= 0.3 is 5.97 Å². The van der Waals surface area contributed by atoms with Crippen molar-refractivity contribution in [3.63, 3.8) is 0 Å². The van der Waals surface area contributed by atoms with Crippen LogP contribution in [0.3, 0.4) is 0 Å². The van der Waals surface area contributed by atoms with Crippen LogP contribution in [0.4, 0.5) is 0 Å². The summed E-state index contributed by atoms with van der Waals surface area (Å²) in [7, 11) is 0. The molecule has 0 saturated carbocycles. The van der Waals surface area contributed by atoms with Crippen LogP contribution in [-0.4, -0.2) is 51.9 Å². The zero-order chi connectivity index (χ0) is 19.1. The Labute approximate surface area is 152 Å². The van der Waals surface area contributed by atoms with E-state index in [4.69, 9.17) is 0 Å². The smallest absolute Gasteiger partial charge is 0.326 e. The van der Waals surface area contributed by atoms with E-state index < -0.39 is 12.0 Å². The minimum atomic E-state index is -1.06. The summed E-state index contributed by atoms with van der Waals surface area (Å²) in [5.74, 6) is -1.48. The molecule has 1 aromatic heterocycles. The van der Waals surface area contributed by atoms with Crippen molar-refractivity contribution in [1.82, 2.24) is 15.2 Å². The van der Waals surface area contributed by atoms with Crippen molar-refractivity contribution in [1.29, 1.82) is 0 Å². The molecule has 2 rings (SSSR count). The summed E-state index contributed by atoms with van der Waals surface area (Å²) in [6, 6.07) is 7.05. The number of H-pyrrole nitrogens is 1. The lowest BCUT2D eigenvalue weighted by atomic mass is 10.1. The lowest BCUT2D eigenvalue weighted by Crippen LogP contribution is -2.46. The Morgan fingerprint density at radius 3 is 2.69 bits per heavy atom. The van der Waals surface area contributed by atoms with Gasteiger partial charge in [-0.25, -0.2) is 4.79 Å². The molecule has 0 aliphatic carbocycles. The second-order valence-corrected chi connectivity index (χ2v) is 6.30. The molecule has 1 aromatic carbocycles. The number of hydrogen-bond donors (Lipinski definition) is 3. The first-order chi connectivity index (χ1) is 12.4. The Hall–Kier alpha value is -2.83. The van der Waals surface area contributed by atoms with E-state index in [1.165, 1.54) is 18.7 Å². The molecule has 0 spiro atoms. The van der Waals surface area contributed by atoms with E-state index >= 15 is 0 Å². The number of rotatable bonds is 9. The maximum absolute atomic E-state index is 12.5. The number of carboxylic acid groups (broad SMARTS) is 1. The van der Waals surface area contributed by atoms with Crippen LogP contribution in [0.5, 0.6) is 0 Å². The van der Waals surface area contributed by atoms with Gasteiger partial charge < -0.3 is 20.3 Å². The number of carbonyl (C=O) groups is 3. The first kappa shape index (κ1) is 19.5. The van der Waals surface area contributed by atoms with Crippen LogP contribution in [0.15, 0.2) is 30.5 Å². The molecular weight excluding hydrogens is 334 g/mol. The van der Waals surface area contributed by atoms with Gasteiger partial charge in [-0.1, -0.05) is 18.2 Å². The van der Waals surface area contributed by atoms with Gasteiger partial charge in [0.2, 0.25) is 11.8 Å². The van der Waals surface area contributed by atoms with Crippen LogP contribution in [0, 0.1) is 0 Å². The average Bonchev–Trinajstić information content (AvgIpc) is 3.01. The number of aryl methyl sites for hydroxylation is 1. The number of aliphatic carboxylic acids is 1. The van der Waals surface area contributed by atoms with E-state index in [2.05, 4.69) is 10.3 Å². The molecule has 0 saturated heterocycles. The molecule has 7 heteroatoms. The molecule has 26 heavy (non-hydrogen) atoms. The number of aromatic amines is 1. The van der Waals surface area contributed by atoms with Gasteiger partial charge in [-0.3, -0.25) is 9.59 Å². The molecule has 1 unspecified atom stereocenters. The standard InChI is InChI=1S/C19H25N3O4/c1-13(19(25)26)22(11-10-20-14(2)23)18(24)9-5-6-15-12-21-17-8-4-3-7-16(15)17/h3-4,7-8,12-13,21H,5-6,9-11H2,1-2H3,(H,20,23)(H,25,26). The molecule has 0 aliphatic rings. The molecule has 2 aromatic rings. The Morgan fingerprint density at radius 1 is 1.27 bits per heavy atom. The molecule has 2 amide bonds. The van der Waals surface area contributed by atoms with Crippen LogP contribution in [0.25, 0.3) is 10.9 Å². The van der Waals surface area contributed by atoms with E-state index in [1.807, 2.05) is 30.5 Å². The maximum atomic E-state index is 12.5. The van der Waals surface area contributed by atoms with Gasteiger partial charge in [0.15, 0.2) is 0 Å². The molecule has 3 N–H and O–H groups in total. The van der Waals surface area contributed by atoms with Crippen LogP contribution in [0.1, 0.15) is 32.3 Å². The van der Waals surface area contributed by atoms with E-state index in [-0.39, 0.29) is 31.3 Å². The molecular formula is C19H25N3O4. The first-order valence-corrected chi connectivity index (χ1v) is 8.72. The van der Waals surface area contributed by atoms with Crippen LogP contribution in [-0.2, 0) is 20.8 Å². The predicted octanol–water partition coefficient (Wildman–Crippen LogP) is 1.93. The SMILES string of the molecule is CC(=O)NCCN(C(=O)CCCc1c[nH]c2ccccc12)C(C)C(=O)O. The minimum absolute atomic E-state index is 0.180. The largest absolute Gasteiger partial charge is 0.480 e. The highest BCUT2D eigenvalue weighted by molar-refractivity contribution is 5.84. The number of aromatic nitrogens is 1. The van der Waals surface area contributed by atoms with Crippen LogP contribution >= 0.6 is 0 Å². The van der Waals surface area contributed by atoms with Crippen LogP contribution in [0.2, 0.25) is 0 Å². The van der Waals surface area contributed by atoms with Gasteiger partial charge in [0.05, 0.1) is 0 Å². The maximum Gasteiger partial charge on any atom is 0.326 e. The van der Waals surface area contributed by atoms with Crippen molar-refractivity contribution >= 4 is 28.7 Å². The third-order valence-electron chi connectivity index (χ3n) is 4.38. The Morgan fingerprint density at radius 2 is 2.00 bits per heavy atom. The molecule has 0 fully saturated rings. The quantitative estimate of drug-likeness (QED) is 0.636. The van der Waals surface area contributed by atoms with Gasteiger partial charge in [-0.15, -0.1) is 0 Å². The first-order valence-electron chi connectivity index (χ1n) is 8.72. The summed E-state index contributed by atoms with van der Waals surface area (Å²) in [6.45, 7) is 3.28. The van der Waals surface area contributed by atoms with Crippen molar-refractivity contribution in [3.8, 4) is 0 Å². The number of nitrogens with one attached hydrogen (secondary N) is 2. The summed E-state index contributed by atoms with van der Waals surface area (Å²) >= 11 is 0. The Balaban J connectivity index is 1.93. The fourth-order valence-electron chi connectivity index (χ4n) is 2.93. The topological polar surface area (TPSA) is 103 Å². The predicted molar refractivity (Wildman–Crippen MR) is 98.7 cm³/mol. The summed E-state index contributed by atoms with van der Waals surface area (Å²) < 4.78 is 0. The summed E-state index contributed by atoms with van der Waals surface area (Å²) in [5, 5.41) is 13.0. The lowest BCUT2D eigenvalue weighted by Gasteiger charge is -2.26. The van der Waals surface area contributed by atoms with Crippen molar-refractivity contribution in [2.45, 2.75) is 39.2 Å². The number of para-hydroxylation sites is 1. The molecule has 7 nitrogen and oxygen atoms in total. The molecule has 1 heterocycles. The number of hydrogen-bond acceptors (Lipinski definition) is 3. The zero-order valence-electron chi connectivity index (χ0n) is 15.1. The number of benzene rings is 1. The molecule has 0 aliphatic heterocycles. The lowest BCUT2D eigenvalue weighted by molar-refractivity contribution is -0.149. The number of carbonyl (C=O) groups excluding carboxylic acids is 2. The minimum Gasteiger partial charge on any atom is -0.480 e. The highest BCUT2D eigenvalue weighted by atomic mass is 16.4. The van der Waals surface area contributed by atoms with Gasteiger partial charge in [-0.05, 0) is 31.4 Å². The van der Waals surface area contributed by atoms with Crippen LogP contribution < -0.4 is 5.32 Å². The molecule has 1 atom stereocenters. The second kappa shape index (κ2) is 9.03. The third-order valence-corrected chi connectivity index (χ3v) is 4.38. The Bertz CT molecular complexity index is 784. The van der Waals surface area contributed by atoms with E-state index in [0.29, 0.717) is 6.42 Å². The fourth-order valence-corrected chi connectivity index (χ4v) is 2.93. The van der Waals surface area contributed by atoms with Gasteiger partial charge in [0, 0.05) is 43.5 Å². The second-order valence-electron chi connectivity index (χ2n) is 6.30. The van der Waals surface area contributed by atoms with E-state index in [0.717, 1.165) is 22.9 Å². The average molecular weight is 359 g/mol. The van der Waals surface area contributed by atoms with Gasteiger partial charge in [0.25, 0.3) is 0 Å². The molecule has 140 valence electrons. The third kappa shape index (κ3) is 5.08. The highest BCUT2D eigenvalue weighted by Gasteiger charge is 2.24. The van der Waals surface area contributed by atoms with Gasteiger partial charge in [0.1, 0.15) is 6.04 Å². The van der Waals surface area contributed by atoms with Crippen molar-refractivity contribution in [2.24, 2.45) is 0 Å². The highest BCUT2D eigenvalue weighted by Crippen LogP contribution is 2.19. The monoisotopic (exact) mass is 359 g/mol. The van der Waals surface area contributed by atoms with Crippen molar-refractivity contribution in [3.05, 3.63) is 36.0 Å². The van der Waals surface area contributed by atoms with E-state index in [1.54, 1.807) is 0 Å². The summed E-state index contributed by atoms with van der Waals surface area (Å²) in [5.41, 5.74) is 2.20. The number of fused-ring (bicyclic) bond motifs is 1. The summed E-state index contributed by atoms with van der Waals surface area (Å²) in [4.78, 5) is 39.3. The summed E-state index contributed by atoms with van der Waals surface area (Å²) in [6.07, 6.45) is 3.57. The zero-order valence-corrected chi connectivity index (χ0v) is 15.1. The fraction of sp³-hybridized carbons (Fsp3) is 0.421.